The molecule has 2 aromatic rings. The molecular formula is C14H13BrCl2O3S. The quantitative estimate of drug-likeness (QED) is 0.602. The predicted molar refractivity (Wildman–Crippen MR) is 91.2 cm³/mol. The van der Waals surface area contributed by atoms with Gasteiger partial charge >= 0.3 is 0 Å². The molecule has 0 saturated carbocycles. The lowest BCUT2D eigenvalue weighted by Crippen LogP contribution is -2.01. The van der Waals surface area contributed by atoms with Gasteiger partial charge in [0.25, 0.3) is 0 Å². The van der Waals surface area contributed by atoms with E-state index in [1.54, 1.807) is 33.5 Å². The molecule has 21 heavy (non-hydrogen) atoms. The predicted octanol–water partition coefficient (Wildman–Crippen LogP) is 5.57. The van der Waals surface area contributed by atoms with Crippen LogP contribution in [-0.2, 0) is 0 Å². The molecule has 0 radical (unpaired) electrons. The Labute approximate surface area is 145 Å². The van der Waals surface area contributed by atoms with Crippen LogP contribution in [0.2, 0.25) is 8.67 Å². The number of methoxy groups -OCH3 is 3. The van der Waals surface area contributed by atoms with Crippen molar-refractivity contribution in [1.29, 1.82) is 0 Å². The van der Waals surface area contributed by atoms with Gasteiger partial charge in [-0.2, -0.15) is 0 Å². The SMILES string of the molecule is COc1cc(OC)c(C(Br)c2cc(Cl)sc2Cl)c(OC)c1. The van der Waals surface area contributed by atoms with Crippen molar-refractivity contribution in [2.24, 2.45) is 0 Å². The number of rotatable bonds is 5. The van der Waals surface area contributed by atoms with Gasteiger partial charge in [0.1, 0.15) is 17.2 Å². The number of benzene rings is 1. The van der Waals surface area contributed by atoms with E-state index in [1.165, 1.54) is 11.3 Å². The van der Waals surface area contributed by atoms with E-state index in [4.69, 9.17) is 37.4 Å². The summed E-state index contributed by atoms with van der Waals surface area (Å²) in [6.45, 7) is 0. The monoisotopic (exact) mass is 410 g/mol. The average molecular weight is 412 g/mol. The maximum absolute atomic E-state index is 6.24. The number of hydrogen-bond acceptors (Lipinski definition) is 4. The van der Waals surface area contributed by atoms with Crippen LogP contribution in [0.3, 0.4) is 0 Å². The molecule has 1 heterocycles. The molecule has 2 rings (SSSR count). The third-order valence-electron chi connectivity index (χ3n) is 2.96. The number of ether oxygens (including phenoxy) is 3. The highest BCUT2D eigenvalue weighted by Gasteiger charge is 2.25. The summed E-state index contributed by atoms with van der Waals surface area (Å²) in [5, 5.41) is 0. The molecule has 7 heteroatoms. The first kappa shape index (κ1) is 16.7. The molecule has 0 fully saturated rings. The van der Waals surface area contributed by atoms with Crippen LogP contribution in [0, 0.1) is 0 Å². The molecule has 0 N–H and O–H groups in total. The molecule has 0 saturated heterocycles. The summed E-state index contributed by atoms with van der Waals surface area (Å²) in [5.74, 6) is 1.94. The molecule has 0 aliphatic rings. The van der Waals surface area contributed by atoms with E-state index in [-0.39, 0.29) is 4.83 Å². The molecule has 114 valence electrons. The zero-order valence-electron chi connectivity index (χ0n) is 11.6. The van der Waals surface area contributed by atoms with Gasteiger partial charge < -0.3 is 14.2 Å². The molecule has 0 aliphatic carbocycles. The van der Waals surface area contributed by atoms with E-state index in [0.717, 1.165) is 11.1 Å². The first-order valence-corrected chi connectivity index (χ1v) is 8.39. The summed E-state index contributed by atoms with van der Waals surface area (Å²) in [5.41, 5.74) is 1.70. The number of hydrogen-bond donors (Lipinski definition) is 0. The van der Waals surface area contributed by atoms with Crippen LogP contribution < -0.4 is 14.2 Å². The van der Waals surface area contributed by atoms with Crippen molar-refractivity contribution >= 4 is 50.5 Å². The second kappa shape index (κ2) is 7.09. The van der Waals surface area contributed by atoms with Crippen LogP contribution in [0.15, 0.2) is 18.2 Å². The van der Waals surface area contributed by atoms with Crippen LogP contribution in [0.5, 0.6) is 17.2 Å². The maximum Gasteiger partial charge on any atom is 0.130 e. The van der Waals surface area contributed by atoms with E-state index >= 15 is 0 Å². The van der Waals surface area contributed by atoms with Crippen molar-refractivity contribution < 1.29 is 14.2 Å². The molecule has 0 bridgehead atoms. The zero-order chi connectivity index (χ0) is 15.6. The summed E-state index contributed by atoms with van der Waals surface area (Å²) in [4.78, 5) is -0.204. The largest absolute Gasteiger partial charge is 0.496 e. The molecule has 0 amide bonds. The van der Waals surface area contributed by atoms with Gasteiger partial charge in [-0.25, -0.2) is 0 Å². The first-order chi connectivity index (χ1) is 10.0. The lowest BCUT2D eigenvalue weighted by atomic mass is 10.0. The highest BCUT2D eigenvalue weighted by molar-refractivity contribution is 9.09. The standard InChI is InChI=1S/C14H13BrCl2O3S/c1-18-7-4-9(19-2)12(10(5-7)20-3)13(15)8-6-11(16)21-14(8)17/h4-6,13H,1-3H3. The first-order valence-electron chi connectivity index (χ1n) is 5.90. The van der Waals surface area contributed by atoms with Gasteiger partial charge in [0, 0.05) is 17.7 Å². The molecule has 3 nitrogen and oxygen atoms in total. The Morgan fingerprint density at radius 2 is 1.57 bits per heavy atom. The Balaban J connectivity index is 2.58. The van der Waals surface area contributed by atoms with E-state index in [0.29, 0.717) is 25.9 Å². The lowest BCUT2D eigenvalue weighted by molar-refractivity contribution is 0.369. The van der Waals surface area contributed by atoms with Crippen LogP contribution in [0.4, 0.5) is 0 Å². The Morgan fingerprint density at radius 1 is 1.00 bits per heavy atom. The van der Waals surface area contributed by atoms with Crippen molar-refractivity contribution in [2.45, 2.75) is 4.83 Å². The Kier molecular flexibility index (Phi) is 5.66. The summed E-state index contributed by atoms with van der Waals surface area (Å²) in [6.07, 6.45) is 0. The smallest absolute Gasteiger partial charge is 0.130 e. The third kappa shape index (κ3) is 3.42. The van der Waals surface area contributed by atoms with Gasteiger partial charge in [0.15, 0.2) is 0 Å². The maximum atomic E-state index is 6.24. The van der Waals surface area contributed by atoms with Crippen molar-refractivity contribution in [3.63, 3.8) is 0 Å². The number of halogens is 3. The van der Waals surface area contributed by atoms with Crippen LogP contribution in [0.1, 0.15) is 16.0 Å². The summed E-state index contributed by atoms with van der Waals surface area (Å²) >= 11 is 17.2. The van der Waals surface area contributed by atoms with Gasteiger partial charge in [-0.15, -0.1) is 11.3 Å². The summed E-state index contributed by atoms with van der Waals surface area (Å²) in [6, 6.07) is 5.43. The summed E-state index contributed by atoms with van der Waals surface area (Å²) in [7, 11) is 4.79. The van der Waals surface area contributed by atoms with E-state index in [9.17, 15) is 0 Å². The van der Waals surface area contributed by atoms with Gasteiger partial charge in [-0.3, -0.25) is 0 Å². The van der Waals surface area contributed by atoms with Crippen LogP contribution >= 0.6 is 50.5 Å². The van der Waals surface area contributed by atoms with Crippen molar-refractivity contribution in [1.82, 2.24) is 0 Å². The Bertz CT molecular complexity index is 620. The second-order valence-electron chi connectivity index (χ2n) is 4.09. The number of thiophene rings is 1. The molecule has 1 atom stereocenters. The normalized spacial score (nSPS) is 12.1. The van der Waals surface area contributed by atoms with Gasteiger partial charge in [0.2, 0.25) is 0 Å². The van der Waals surface area contributed by atoms with E-state index in [2.05, 4.69) is 15.9 Å². The van der Waals surface area contributed by atoms with Crippen molar-refractivity contribution in [3.8, 4) is 17.2 Å². The Morgan fingerprint density at radius 3 is 1.95 bits per heavy atom. The highest BCUT2D eigenvalue weighted by atomic mass is 79.9. The fourth-order valence-electron chi connectivity index (χ4n) is 1.96. The van der Waals surface area contributed by atoms with Gasteiger partial charge in [-0.1, -0.05) is 39.1 Å². The Hall–Kier alpha value is -0.620. The van der Waals surface area contributed by atoms with Crippen LogP contribution in [-0.4, -0.2) is 21.3 Å². The molecular weight excluding hydrogens is 399 g/mol. The fraction of sp³-hybridized carbons (Fsp3) is 0.286. The highest BCUT2D eigenvalue weighted by Crippen LogP contribution is 2.48. The second-order valence-corrected chi connectivity index (χ2v) is 7.29. The van der Waals surface area contributed by atoms with Gasteiger partial charge in [0.05, 0.1) is 40.4 Å². The number of alkyl halides is 1. The van der Waals surface area contributed by atoms with E-state index < -0.39 is 0 Å². The summed E-state index contributed by atoms with van der Waals surface area (Å²) < 4.78 is 17.4. The van der Waals surface area contributed by atoms with Crippen molar-refractivity contribution in [3.05, 3.63) is 38.0 Å². The minimum absolute atomic E-state index is 0.204. The zero-order valence-corrected chi connectivity index (χ0v) is 15.5. The minimum atomic E-state index is -0.204. The lowest BCUT2D eigenvalue weighted by Gasteiger charge is -2.19. The topological polar surface area (TPSA) is 27.7 Å². The molecule has 0 spiro atoms. The molecule has 1 aromatic carbocycles. The fourth-order valence-corrected chi connectivity index (χ4v) is 4.59. The molecule has 1 unspecified atom stereocenters. The van der Waals surface area contributed by atoms with Crippen LogP contribution in [0.25, 0.3) is 0 Å². The molecule has 1 aromatic heterocycles. The van der Waals surface area contributed by atoms with Crippen molar-refractivity contribution in [2.75, 3.05) is 21.3 Å². The molecule has 0 aliphatic heterocycles. The van der Waals surface area contributed by atoms with Gasteiger partial charge in [-0.05, 0) is 6.07 Å². The average Bonchev–Trinajstić information content (AvgIpc) is 2.83. The third-order valence-corrected chi connectivity index (χ3v) is 5.43. The van der Waals surface area contributed by atoms with E-state index in [1.807, 2.05) is 6.07 Å². The minimum Gasteiger partial charge on any atom is -0.496 e.